The number of hydrogen-bond acceptors (Lipinski definition) is 3. The van der Waals surface area contributed by atoms with Crippen molar-refractivity contribution < 1.29 is 9.53 Å². The van der Waals surface area contributed by atoms with Gasteiger partial charge in [-0.15, -0.1) is 0 Å². The third-order valence-electron chi connectivity index (χ3n) is 5.58. The third-order valence-corrected chi connectivity index (χ3v) is 5.58. The van der Waals surface area contributed by atoms with E-state index in [-0.39, 0.29) is 5.91 Å². The molecule has 2 fully saturated rings. The van der Waals surface area contributed by atoms with Gasteiger partial charge < -0.3 is 14.6 Å². The van der Waals surface area contributed by atoms with Gasteiger partial charge in [0.2, 0.25) is 5.91 Å². The predicted molar refractivity (Wildman–Crippen MR) is 94.0 cm³/mol. The first-order chi connectivity index (χ1) is 11.7. The number of hydrogen-bond donors (Lipinski definition) is 1. The third kappa shape index (κ3) is 4.59. The van der Waals surface area contributed by atoms with E-state index in [2.05, 4.69) is 21.8 Å². The lowest BCUT2D eigenvalue weighted by Crippen LogP contribution is -2.28. The average molecular weight is 333 g/mol. The molecular weight excluding hydrogens is 302 g/mol. The van der Waals surface area contributed by atoms with Crippen LogP contribution in [0.1, 0.15) is 68.8 Å². The first-order valence-corrected chi connectivity index (χ1v) is 9.60. The number of aryl methyl sites for hydroxylation is 1. The number of imidazole rings is 1. The Labute approximate surface area is 145 Å². The molecule has 0 atom stereocenters. The Kier molecular flexibility index (Phi) is 6.30. The van der Waals surface area contributed by atoms with E-state index >= 15 is 0 Å². The van der Waals surface area contributed by atoms with E-state index < -0.39 is 0 Å². The Bertz CT molecular complexity index is 529. The zero-order valence-electron chi connectivity index (χ0n) is 14.9. The van der Waals surface area contributed by atoms with Crippen LogP contribution in [0.3, 0.4) is 0 Å². The number of carbonyl (C=O) groups excluding carboxylic acids is 1. The molecule has 134 valence electrons. The quantitative estimate of drug-likeness (QED) is 0.834. The van der Waals surface area contributed by atoms with Crippen LogP contribution < -0.4 is 5.32 Å². The molecule has 0 bridgehead atoms. The van der Waals surface area contributed by atoms with Gasteiger partial charge in [-0.05, 0) is 32.1 Å². The highest BCUT2D eigenvalue weighted by Crippen LogP contribution is 2.28. The molecule has 1 aliphatic carbocycles. The molecular formula is C19H31N3O2. The van der Waals surface area contributed by atoms with Crippen LogP contribution in [0.15, 0.2) is 6.20 Å². The van der Waals surface area contributed by atoms with Crippen molar-refractivity contribution in [2.75, 3.05) is 19.8 Å². The van der Waals surface area contributed by atoms with Crippen molar-refractivity contribution in [3.05, 3.63) is 17.7 Å². The molecule has 1 aliphatic heterocycles. The monoisotopic (exact) mass is 333 g/mol. The smallest absolute Gasteiger partial charge is 0.220 e. The lowest BCUT2D eigenvalue weighted by atomic mass is 9.99. The second-order valence-corrected chi connectivity index (χ2v) is 7.34. The number of ether oxygens (including phenoxy) is 1. The van der Waals surface area contributed by atoms with Crippen LogP contribution >= 0.6 is 0 Å². The summed E-state index contributed by atoms with van der Waals surface area (Å²) in [7, 11) is 0. The summed E-state index contributed by atoms with van der Waals surface area (Å²) in [5.74, 6) is 2.64. The van der Waals surface area contributed by atoms with Gasteiger partial charge in [0.25, 0.3) is 0 Å². The molecule has 2 heterocycles. The molecule has 2 aliphatic rings. The van der Waals surface area contributed by atoms with Crippen molar-refractivity contribution in [1.29, 1.82) is 0 Å². The highest BCUT2D eigenvalue weighted by atomic mass is 16.5. The fraction of sp³-hybridized carbons (Fsp3) is 0.789. The number of amides is 1. The van der Waals surface area contributed by atoms with Gasteiger partial charge in [-0.3, -0.25) is 4.79 Å². The zero-order chi connectivity index (χ0) is 16.8. The normalized spacial score (nSPS) is 19.7. The van der Waals surface area contributed by atoms with E-state index in [0.717, 1.165) is 50.8 Å². The van der Waals surface area contributed by atoms with Crippen LogP contribution in [0.2, 0.25) is 0 Å². The minimum absolute atomic E-state index is 0.201. The standard InChI is InChI=1S/C19H31N3O2/c1-15-14-21-19(17-8-12-24-13-9-17)22(15)11-10-20-18(23)7-6-16-4-2-3-5-16/h14,16-17H,2-13H2,1H3,(H,20,23). The Morgan fingerprint density at radius 1 is 1.29 bits per heavy atom. The number of aromatic nitrogens is 2. The van der Waals surface area contributed by atoms with Crippen LogP contribution in [0, 0.1) is 12.8 Å². The van der Waals surface area contributed by atoms with E-state index in [1.54, 1.807) is 0 Å². The molecule has 0 unspecified atom stereocenters. The maximum absolute atomic E-state index is 12.0. The fourth-order valence-electron chi connectivity index (χ4n) is 4.08. The molecule has 1 aromatic heterocycles. The first-order valence-electron chi connectivity index (χ1n) is 9.60. The van der Waals surface area contributed by atoms with Crippen LogP contribution in [-0.2, 0) is 16.1 Å². The summed E-state index contributed by atoms with van der Waals surface area (Å²) in [6.07, 6.45) is 11.1. The van der Waals surface area contributed by atoms with Crippen LogP contribution in [0.4, 0.5) is 0 Å². The van der Waals surface area contributed by atoms with E-state index in [4.69, 9.17) is 4.74 Å². The molecule has 5 heteroatoms. The minimum atomic E-state index is 0.201. The molecule has 1 N–H and O–H groups in total. The van der Waals surface area contributed by atoms with Gasteiger partial charge in [-0.25, -0.2) is 4.98 Å². The van der Waals surface area contributed by atoms with E-state index in [1.165, 1.54) is 31.4 Å². The molecule has 0 aromatic carbocycles. The Morgan fingerprint density at radius 3 is 2.79 bits per heavy atom. The molecule has 1 saturated carbocycles. The Morgan fingerprint density at radius 2 is 2.04 bits per heavy atom. The topological polar surface area (TPSA) is 56.1 Å². The predicted octanol–water partition coefficient (Wildman–Crippen LogP) is 3.17. The molecule has 0 radical (unpaired) electrons. The highest BCUT2D eigenvalue weighted by molar-refractivity contribution is 5.75. The maximum Gasteiger partial charge on any atom is 0.220 e. The summed E-state index contributed by atoms with van der Waals surface area (Å²) < 4.78 is 7.73. The second kappa shape index (κ2) is 8.65. The van der Waals surface area contributed by atoms with E-state index in [1.807, 2.05) is 6.20 Å². The van der Waals surface area contributed by atoms with Gasteiger partial charge in [0.1, 0.15) is 5.82 Å². The van der Waals surface area contributed by atoms with Crippen molar-refractivity contribution >= 4 is 5.91 Å². The molecule has 24 heavy (non-hydrogen) atoms. The SMILES string of the molecule is Cc1cnc(C2CCOCC2)n1CCNC(=O)CCC1CCCC1. The molecule has 0 spiro atoms. The van der Waals surface area contributed by atoms with Crippen molar-refractivity contribution in [3.63, 3.8) is 0 Å². The number of nitrogens with zero attached hydrogens (tertiary/aromatic N) is 2. The van der Waals surface area contributed by atoms with Crippen molar-refractivity contribution in [2.24, 2.45) is 5.92 Å². The summed E-state index contributed by atoms with van der Waals surface area (Å²) in [5.41, 5.74) is 1.18. The van der Waals surface area contributed by atoms with Gasteiger partial charge in [0, 0.05) is 50.5 Å². The van der Waals surface area contributed by atoms with Gasteiger partial charge in [0.05, 0.1) is 0 Å². The number of nitrogens with one attached hydrogen (secondary N) is 1. The van der Waals surface area contributed by atoms with Crippen LogP contribution in [0.5, 0.6) is 0 Å². The summed E-state index contributed by atoms with van der Waals surface area (Å²) in [6, 6.07) is 0. The summed E-state index contributed by atoms with van der Waals surface area (Å²) in [5, 5.41) is 3.09. The average Bonchev–Trinajstić information content (AvgIpc) is 3.24. The number of rotatable bonds is 7. The maximum atomic E-state index is 12.0. The summed E-state index contributed by atoms with van der Waals surface area (Å²) >= 11 is 0. The van der Waals surface area contributed by atoms with E-state index in [9.17, 15) is 4.79 Å². The van der Waals surface area contributed by atoms with Gasteiger partial charge >= 0.3 is 0 Å². The summed E-state index contributed by atoms with van der Waals surface area (Å²) in [4.78, 5) is 16.7. The van der Waals surface area contributed by atoms with Crippen molar-refractivity contribution in [2.45, 2.75) is 70.8 Å². The summed E-state index contributed by atoms with van der Waals surface area (Å²) in [6.45, 7) is 5.26. The highest BCUT2D eigenvalue weighted by Gasteiger charge is 2.21. The molecule has 3 rings (SSSR count). The van der Waals surface area contributed by atoms with Gasteiger partial charge in [-0.1, -0.05) is 25.7 Å². The zero-order valence-corrected chi connectivity index (χ0v) is 14.9. The largest absolute Gasteiger partial charge is 0.381 e. The van der Waals surface area contributed by atoms with Crippen LogP contribution in [0.25, 0.3) is 0 Å². The molecule has 1 amide bonds. The molecule has 1 aromatic rings. The Balaban J connectivity index is 1.44. The first kappa shape index (κ1) is 17.5. The molecule has 1 saturated heterocycles. The van der Waals surface area contributed by atoms with Crippen molar-refractivity contribution in [3.8, 4) is 0 Å². The van der Waals surface area contributed by atoms with Crippen LogP contribution in [-0.4, -0.2) is 35.2 Å². The van der Waals surface area contributed by atoms with Gasteiger partial charge in [0.15, 0.2) is 0 Å². The molecule has 5 nitrogen and oxygen atoms in total. The lowest BCUT2D eigenvalue weighted by molar-refractivity contribution is -0.121. The van der Waals surface area contributed by atoms with E-state index in [0.29, 0.717) is 18.9 Å². The Hall–Kier alpha value is -1.36. The van der Waals surface area contributed by atoms with Crippen molar-refractivity contribution in [1.82, 2.24) is 14.9 Å². The minimum Gasteiger partial charge on any atom is -0.381 e. The number of carbonyl (C=O) groups is 1. The second-order valence-electron chi connectivity index (χ2n) is 7.34. The lowest BCUT2D eigenvalue weighted by Gasteiger charge is -2.23. The fourth-order valence-corrected chi connectivity index (χ4v) is 4.08. The van der Waals surface area contributed by atoms with Gasteiger partial charge in [-0.2, -0.15) is 0 Å².